The van der Waals surface area contributed by atoms with Crippen LogP contribution in [0.1, 0.15) is 37.1 Å². The van der Waals surface area contributed by atoms with E-state index in [-0.39, 0.29) is 0 Å². The molecule has 0 atom stereocenters. The van der Waals surface area contributed by atoms with Crippen LogP contribution in [-0.2, 0) is 6.61 Å². The molecule has 4 heterocycles. The third-order valence-corrected chi connectivity index (χ3v) is 7.52. The van der Waals surface area contributed by atoms with Crippen LogP contribution in [0, 0.1) is 6.92 Å². The number of aromatic amines is 2. The molecular weight excluding hydrogens is 428 g/mol. The summed E-state index contributed by atoms with van der Waals surface area (Å²) in [6, 6.07) is 15.4. The summed E-state index contributed by atoms with van der Waals surface area (Å²) in [5.74, 6) is 3.21. The molecule has 0 amide bonds. The second kappa shape index (κ2) is 6.68. The molecule has 0 bridgehead atoms. The molecule has 3 aromatic carbocycles. The molecule has 0 fully saturated rings. The Labute approximate surface area is 194 Å². The average Bonchev–Trinajstić information content (AvgIpc) is 3.55. The maximum atomic E-state index is 6.12. The van der Waals surface area contributed by atoms with Gasteiger partial charge < -0.3 is 14.7 Å². The molecule has 0 aliphatic carbocycles. The molecule has 33 heavy (non-hydrogen) atoms. The number of hydrogen-bond donors (Lipinski definition) is 2. The average molecular weight is 451 g/mol. The number of thiophene rings is 1. The maximum Gasteiger partial charge on any atom is 0.132 e. The van der Waals surface area contributed by atoms with Gasteiger partial charge in [0.2, 0.25) is 0 Å². The Morgan fingerprint density at radius 1 is 0.939 bits per heavy atom. The second-order valence-electron chi connectivity index (χ2n) is 9.07. The van der Waals surface area contributed by atoms with E-state index in [2.05, 4.69) is 71.7 Å². The normalized spacial score (nSPS) is 13.1. The van der Waals surface area contributed by atoms with Gasteiger partial charge in [0, 0.05) is 32.3 Å². The van der Waals surface area contributed by atoms with Crippen LogP contribution in [-0.4, -0.2) is 19.9 Å². The van der Waals surface area contributed by atoms with Crippen LogP contribution in [0.2, 0.25) is 0 Å². The number of fused-ring (bicyclic) bond motifs is 9. The Morgan fingerprint density at radius 2 is 1.79 bits per heavy atom. The largest absolute Gasteiger partial charge is 0.486 e. The van der Waals surface area contributed by atoms with Crippen LogP contribution >= 0.6 is 11.3 Å². The summed E-state index contributed by atoms with van der Waals surface area (Å²) in [5, 5.41) is 5.83. The fraction of sp³-hybridized carbons (Fsp3) is 0.185. The predicted molar refractivity (Wildman–Crippen MR) is 135 cm³/mol. The molecule has 0 radical (unpaired) electrons. The molecule has 162 valence electrons. The molecule has 1 aliphatic heterocycles. The number of nitrogens with zero attached hydrogens (tertiary/aromatic N) is 2. The zero-order chi connectivity index (χ0) is 22.3. The Bertz CT molecular complexity index is 1720. The van der Waals surface area contributed by atoms with Crippen molar-refractivity contribution in [3.8, 4) is 28.1 Å². The van der Waals surface area contributed by atoms with Gasteiger partial charge in [-0.2, -0.15) is 0 Å². The Kier molecular flexibility index (Phi) is 3.82. The molecular formula is C27H22N4OS. The topological polar surface area (TPSA) is 66.6 Å². The third kappa shape index (κ3) is 2.70. The van der Waals surface area contributed by atoms with Gasteiger partial charge in [-0.3, -0.25) is 0 Å². The van der Waals surface area contributed by atoms with Gasteiger partial charge in [-0.25, -0.2) is 9.97 Å². The number of rotatable bonds is 2. The highest BCUT2D eigenvalue weighted by molar-refractivity contribution is 7.18. The van der Waals surface area contributed by atoms with Gasteiger partial charge in [-0.05, 0) is 47.7 Å². The van der Waals surface area contributed by atoms with Gasteiger partial charge in [-0.1, -0.05) is 32.0 Å². The monoisotopic (exact) mass is 450 g/mol. The quantitative estimate of drug-likeness (QED) is 0.291. The van der Waals surface area contributed by atoms with Gasteiger partial charge in [0.15, 0.2) is 0 Å². The van der Waals surface area contributed by atoms with E-state index in [1.807, 2.05) is 6.92 Å². The van der Waals surface area contributed by atoms with E-state index in [1.54, 1.807) is 11.3 Å². The fourth-order valence-corrected chi connectivity index (χ4v) is 5.85. The molecule has 3 aromatic heterocycles. The van der Waals surface area contributed by atoms with Crippen molar-refractivity contribution in [1.82, 2.24) is 19.9 Å². The number of benzene rings is 3. The summed E-state index contributed by atoms with van der Waals surface area (Å²) in [6.07, 6.45) is 0. The van der Waals surface area contributed by atoms with Crippen molar-refractivity contribution >= 4 is 43.2 Å². The molecule has 0 saturated carbocycles. The highest BCUT2D eigenvalue weighted by Crippen LogP contribution is 2.42. The summed E-state index contributed by atoms with van der Waals surface area (Å²) < 4.78 is 7.40. The van der Waals surface area contributed by atoms with E-state index in [9.17, 15) is 0 Å². The molecule has 6 aromatic rings. The van der Waals surface area contributed by atoms with Crippen molar-refractivity contribution in [2.75, 3.05) is 0 Å². The number of aromatic nitrogens is 4. The zero-order valence-electron chi connectivity index (χ0n) is 18.6. The number of H-pyrrole nitrogens is 2. The highest BCUT2D eigenvalue weighted by atomic mass is 32.1. The Balaban J connectivity index is 1.39. The van der Waals surface area contributed by atoms with E-state index in [1.165, 1.54) is 26.4 Å². The van der Waals surface area contributed by atoms with E-state index >= 15 is 0 Å². The van der Waals surface area contributed by atoms with Gasteiger partial charge in [-0.15, -0.1) is 11.3 Å². The number of aryl methyl sites for hydroxylation is 1. The standard InChI is InChI=1S/C27H22N4OS/c1-13(2)27-30-21-12-32-22-11-16(5-7-18(22)23(21)31-27)15-4-6-17-20(10-15)26-19(8-9-33-26)25-24(17)28-14(3)29-25/h4-11,13H,12H2,1-3H3,(H,28,29)(H,30,31). The highest BCUT2D eigenvalue weighted by Gasteiger charge is 2.23. The SMILES string of the molecule is Cc1nc2c3ccsc3c3cc(-c4ccc5c(c4)OCc4nc(C(C)C)[nH]c4-5)ccc3c2[nH]1. The van der Waals surface area contributed by atoms with Crippen molar-refractivity contribution in [3.05, 3.63) is 65.2 Å². The van der Waals surface area contributed by atoms with Gasteiger partial charge in [0.1, 0.15) is 29.7 Å². The van der Waals surface area contributed by atoms with Crippen molar-refractivity contribution < 1.29 is 4.74 Å². The molecule has 6 heteroatoms. The molecule has 0 unspecified atom stereocenters. The van der Waals surface area contributed by atoms with E-state index in [0.717, 1.165) is 50.9 Å². The lowest BCUT2D eigenvalue weighted by molar-refractivity contribution is 0.298. The smallest absolute Gasteiger partial charge is 0.132 e. The lowest BCUT2D eigenvalue weighted by Gasteiger charge is -2.18. The molecule has 7 rings (SSSR count). The summed E-state index contributed by atoms with van der Waals surface area (Å²) in [6.45, 7) is 6.82. The van der Waals surface area contributed by atoms with Crippen LogP contribution < -0.4 is 4.74 Å². The molecule has 0 saturated heterocycles. The molecule has 5 nitrogen and oxygen atoms in total. The van der Waals surface area contributed by atoms with E-state index in [0.29, 0.717) is 12.5 Å². The molecule has 1 aliphatic rings. The second-order valence-corrected chi connectivity index (χ2v) is 9.98. The van der Waals surface area contributed by atoms with Crippen molar-refractivity contribution in [1.29, 1.82) is 0 Å². The lowest BCUT2D eigenvalue weighted by atomic mass is 9.97. The van der Waals surface area contributed by atoms with Crippen molar-refractivity contribution in [2.24, 2.45) is 0 Å². The first-order valence-electron chi connectivity index (χ1n) is 11.2. The minimum Gasteiger partial charge on any atom is -0.486 e. The summed E-state index contributed by atoms with van der Waals surface area (Å²) in [7, 11) is 0. The number of imidazole rings is 2. The summed E-state index contributed by atoms with van der Waals surface area (Å²) in [5.41, 5.74) is 7.65. The first kappa shape index (κ1) is 18.9. The van der Waals surface area contributed by atoms with Gasteiger partial charge in [0.25, 0.3) is 0 Å². The van der Waals surface area contributed by atoms with Crippen LogP contribution in [0.4, 0.5) is 0 Å². The van der Waals surface area contributed by atoms with Crippen LogP contribution in [0.25, 0.3) is 54.3 Å². The number of nitrogens with one attached hydrogen (secondary N) is 2. The predicted octanol–water partition coefficient (Wildman–Crippen LogP) is 7.31. The van der Waals surface area contributed by atoms with Gasteiger partial charge >= 0.3 is 0 Å². The Hall–Kier alpha value is -3.64. The van der Waals surface area contributed by atoms with Crippen LogP contribution in [0.3, 0.4) is 0 Å². The van der Waals surface area contributed by atoms with Crippen LogP contribution in [0.5, 0.6) is 5.75 Å². The summed E-state index contributed by atoms with van der Waals surface area (Å²) in [4.78, 5) is 16.5. The zero-order valence-corrected chi connectivity index (χ0v) is 19.4. The molecule has 2 N–H and O–H groups in total. The van der Waals surface area contributed by atoms with E-state index < -0.39 is 0 Å². The van der Waals surface area contributed by atoms with Gasteiger partial charge in [0.05, 0.1) is 16.7 Å². The van der Waals surface area contributed by atoms with Crippen LogP contribution in [0.15, 0.2) is 47.8 Å². The van der Waals surface area contributed by atoms with Crippen molar-refractivity contribution in [2.45, 2.75) is 33.3 Å². The lowest BCUT2D eigenvalue weighted by Crippen LogP contribution is -2.05. The fourth-order valence-electron chi connectivity index (χ4n) is 4.92. The Morgan fingerprint density at radius 3 is 2.67 bits per heavy atom. The first-order chi connectivity index (χ1) is 16.1. The third-order valence-electron chi connectivity index (χ3n) is 6.57. The van der Waals surface area contributed by atoms with E-state index in [4.69, 9.17) is 14.7 Å². The van der Waals surface area contributed by atoms with Crippen molar-refractivity contribution in [3.63, 3.8) is 0 Å². The summed E-state index contributed by atoms with van der Waals surface area (Å²) >= 11 is 1.77. The number of ether oxygens (including phenoxy) is 1. The molecule has 0 spiro atoms. The maximum absolute atomic E-state index is 6.12. The number of hydrogen-bond acceptors (Lipinski definition) is 4. The minimum absolute atomic E-state index is 0.357. The minimum atomic E-state index is 0.357. The first-order valence-corrected chi connectivity index (χ1v) is 12.1.